The summed E-state index contributed by atoms with van der Waals surface area (Å²) in [5.74, 6) is 10.6. The fraction of sp³-hybridized carbons (Fsp3) is 0.478. The van der Waals surface area contributed by atoms with Crippen LogP contribution in [0.15, 0.2) is 73.2 Å². The number of hydrogen-bond acceptors (Lipinski definition) is 11. The van der Waals surface area contributed by atoms with Crippen LogP contribution in [-0.4, -0.2) is 91.1 Å². The van der Waals surface area contributed by atoms with Gasteiger partial charge in [0.25, 0.3) is 0 Å². The van der Waals surface area contributed by atoms with Crippen molar-refractivity contribution in [3.63, 3.8) is 0 Å². The van der Waals surface area contributed by atoms with Crippen LogP contribution in [0.2, 0.25) is 0 Å². The normalized spacial score (nSPS) is 9.99. The molecule has 7 aromatic rings. The maximum atomic E-state index is 8.12. The van der Waals surface area contributed by atoms with Crippen molar-refractivity contribution in [3.05, 3.63) is 182 Å². The zero-order valence-corrected chi connectivity index (χ0v) is 78.2. The van der Waals surface area contributed by atoms with Crippen molar-refractivity contribution in [2.24, 2.45) is 7.05 Å². The van der Waals surface area contributed by atoms with Gasteiger partial charge in [0.1, 0.15) is 15.1 Å². The summed E-state index contributed by atoms with van der Waals surface area (Å²) < 4.78 is 14.9. The predicted octanol–water partition coefficient (Wildman–Crippen LogP) is 20.5. The molecule has 1 saturated heterocycles. The van der Waals surface area contributed by atoms with E-state index < -0.39 is 0 Å². The number of nitrogens with one attached hydrogen (secondary N) is 3. The summed E-state index contributed by atoms with van der Waals surface area (Å²) in [5.41, 5.74) is 9.61. The number of alkyl halides is 2. The molecular formula is C69H125BBrClIN11O4W4. The Morgan fingerprint density at radius 2 is 0.859 bits per heavy atom. The van der Waals surface area contributed by atoms with Gasteiger partial charge in [0, 0.05) is 57.7 Å². The monoisotopic (exact) mass is 2160 g/mol. The third-order valence-electron chi connectivity index (χ3n) is 11.1. The molecule has 23 heteroatoms. The Labute approximate surface area is 652 Å². The standard InChI is InChI=1S/C13H16N3.C12H14N3.C11H16BNO2.C8H13N2.C7H10IN2.5C2H6.CH3Br.CH3Cl.CO2.CH4.4CH3.4W.2H2/c1-9(2)13-15-12(10(3)16(13)4)11-7-5-6-8-14-11;1-8(2)12-14-9(3)11(15-12)10-6-4-5-7-13-10;1-10(2)11(3,4)15-12(14-10)9-7-5-6-8-13-9;1-5(2)8-9-6(3)7(4)10-8;1-4(2)7-9-5(3)6(8)10-7;7*1-2;2-1-3;;;;;;;;;;;/h5-8H,1-4H3;4-7H,1-3H3,(H,14,15);5-8H,1-4H3;1-4H3,(H,9,10);1-3H3,(H,9,10);5*1-2H3;2*1H3;;1H4;4*1H3;;;;;2*1H/q2*-1;;2*-1;;;;;;;;;;4*-1;4*+2;;/i;;;;;;;;;;;;;;;;;;;;;;2*1+1. The number of pyridine rings is 3. The molecule has 1 aliphatic heterocycles. The third-order valence-corrected chi connectivity index (χ3v) is 12.1. The number of nitrogens with zero attached hydrogens (tertiary/aromatic N) is 8. The Balaban J connectivity index is -0.0000000534. The number of aryl methyl sites for hydroxylation is 4. The third kappa shape index (κ3) is 45.0. The second-order valence-electron chi connectivity index (χ2n) is 18.1. The van der Waals surface area contributed by atoms with Crippen LogP contribution in [0, 0.1) is 91.7 Å². The van der Waals surface area contributed by atoms with Crippen LogP contribution in [0.25, 0.3) is 22.8 Å². The van der Waals surface area contributed by atoms with Crippen molar-refractivity contribution in [1.82, 2.24) is 54.4 Å². The molecule has 1 fully saturated rings. The van der Waals surface area contributed by atoms with Crippen LogP contribution in [-0.2, 0) is 110 Å². The van der Waals surface area contributed by atoms with Gasteiger partial charge in [0.05, 0.1) is 33.9 Å². The number of halogens is 3. The van der Waals surface area contributed by atoms with Gasteiger partial charge in [-0.25, -0.2) is 0 Å². The first kappa shape index (κ1) is 123. The van der Waals surface area contributed by atoms with E-state index in [-0.39, 0.29) is 149 Å². The summed E-state index contributed by atoms with van der Waals surface area (Å²) in [6.07, 6.45) is 7.05. The Bertz CT molecular complexity index is 2600. The second kappa shape index (κ2) is 71.2. The van der Waals surface area contributed by atoms with E-state index in [1.807, 2.05) is 220 Å². The van der Waals surface area contributed by atoms with E-state index in [0.717, 1.165) is 83.8 Å². The van der Waals surface area contributed by atoms with Crippen LogP contribution in [0.5, 0.6) is 0 Å². The van der Waals surface area contributed by atoms with Crippen molar-refractivity contribution in [3.8, 4) is 22.8 Å². The van der Waals surface area contributed by atoms with E-state index >= 15 is 0 Å². The number of imidazole rings is 4. The number of rotatable bonds is 7. The van der Waals surface area contributed by atoms with E-state index in [1.54, 1.807) is 18.6 Å². The SMILES string of the molecule is C.CBr.CC.CC.CC.CC.CC.CC1(C)OB(c2ccccn2)OC1(C)C.CCl.Cc1[nH]c([C-](C)C)nc1-c1ccccn1.Cc1[nH]c([C-](C)C)nc1I.Cc1c(-c2ccccn2)nc([C-](C)C)n1C.Cc1nc([C-](C)C)[nH]c1C.O=C=O.[2HH].[2HH].[CH3-].[CH3-].[CH3-].[CH3-].[W+2].[W+2].[W+2].[W+2]. The van der Waals surface area contributed by atoms with Crippen molar-refractivity contribution in [2.75, 3.05) is 12.2 Å². The molecule has 0 radical (unpaired) electrons. The Morgan fingerprint density at radius 3 is 1.11 bits per heavy atom. The molecule has 7 aromatic heterocycles. The van der Waals surface area contributed by atoms with E-state index in [1.165, 1.54) is 30.1 Å². The molecule has 0 atom stereocenters. The second-order valence-corrected chi connectivity index (χ2v) is 19.2. The minimum absolute atomic E-state index is 0. The van der Waals surface area contributed by atoms with E-state index in [2.05, 4.69) is 139 Å². The molecule has 0 bridgehead atoms. The van der Waals surface area contributed by atoms with Crippen molar-refractivity contribution >= 4 is 69.0 Å². The van der Waals surface area contributed by atoms with Gasteiger partial charge in [0.2, 0.25) is 0 Å². The summed E-state index contributed by atoms with van der Waals surface area (Å²) >= 11 is 9.80. The first-order valence-electron chi connectivity index (χ1n) is 28.3. The summed E-state index contributed by atoms with van der Waals surface area (Å²) in [6, 6.07) is 17.5. The molecule has 8 heterocycles. The van der Waals surface area contributed by atoms with Crippen molar-refractivity contribution in [1.29, 1.82) is 0 Å². The fourth-order valence-corrected chi connectivity index (χ4v) is 6.54. The molecule has 0 spiro atoms. The van der Waals surface area contributed by atoms with Gasteiger partial charge in [-0.1, -0.05) is 111 Å². The van der Waals surface area contributed by atoms with Gasteiger partial charge in [-0.15, -0.1) is 11.6 Å². The van der Waals surface area contributed by atoms with Crippen LogP contribution in [0.3, 0.4) is 0 Å². The summed E-state index contributed by atoms with van der Waals surface area (Å²) in [5, 5.41) is 0. The average Bonchev–Trinajstić information content (AvgIpc) is 1.66. The van der Waals surface area contributed by atoms with Gasteiger partial charge < -0.3 is 82.2 Å². The summed E-state index contributed by atoms with van der Waals surface area (Å²) in [6.45, 7) is 54.8. The van der Waals surface area contributed by atoms with Crippen molar-refractivity contribution < 1.29 is 106 Å². The topological polar surface area (TPSA) is 195 Å². The first-order valence-corrected chi connectivity index (χ1v) is 31.7. The minimum Gasteiger partial charge on any atom is -0.398 e. The van der Waals surface area contributed by atoms with Crippen LogP contribution >= 0.6 is 50.1 Å². The average molecular weight is 2160 g/mol. The zero-order chi connectivity index (χ0) is 65.8. The van der Waals surface area contributed by atoms with Gasteiger partial charge in [-0.05, 0) is 150 Å². The molecule has 0 saturated carbocycles. The number of carbonyl (C=O) groups excluding carboxylic acids is 2. The van der Waals surface area contributed by atoms with Crippen molar-refractivity contribution in [2.45, 2.75) is 206 Å². The smallest absolute Gasteiger partial charge is 0.398 e. The molecule has 15 nitrogen and oxygen atoms in total. The van der Waals surface area contributed by atoms with E-state index in [0.29, 0.717) is 0 Å². The molecule has 3 N–H and O–H groups in total. The Hall–Kier alpha value is -2.61. The van der Waals surface area contributed by atoms with Gasteiger partial charge in [0.15, 0.2) is 0 Å². The summed E-state index contributed by atoms with van der Waals surface area (Å²) in [7, 11) is 1.69. The quantitative estimate of drug-likeness (QED) is 0.0595. The van der Waals surface area contributed by atoms with Crippen LogP contribution < -0.4 is 5.59 Å². The molecule has 1 aliphatic rings. The predicted molar refractivity (Wildman–Crippen MR) is 402 cm³/mol. The molecule has 0 amide bonds. The fourth-order valence-electron chi connectivity index (χ4n) is 6.16. The van der Waals surface area contributed by atoms with E-state index in [4.69, 9.17) is 18.9 Å². The number of H-pyrrole nitrogens is 3. The molecule has 528 valence electrons. The van der Waals surface area contributed by atoms with Gasteiger partial charge in [-0.2, -0.15) is 65.0 Å². The Morgan fingerprint density at radius 1 is 0.533 bits per heavy atom. The van der Waals surface area contributed by atoms with E-state index in [9.17, 15) is 0 Å². The molecule has 92 heavy (non-hydrogen) atoms. The summed E-state index contributed by atoms with van der Waals surface area (Å²) in [4.78, 5) is 56.5. The molecule has 0 unspecified atom stereocenters. The molecular weight excluding hydrogens is 2040 g/mol. The zero-order valence-electron chi connectivity index (χ0n) is 62.0. The number of aromatic amines is 3. The minimum atomic E-state index is -0.351. The Kier molecular flexibility index (Phi) is 95.1. The number of hydrogen-bond donors (Lipinski definition) is 3. The maximum Gasteiger partial charge on any atom is 2.00 e. The first-order chi connectivity index (χ1) is 39.3. The molecule has 0 aromatic carbocycles. The molecule has 8 rings (SSSR count). The largest absolute Gasteiger partial charge is 2.00 e. The van der Waals surface area contributed by atoms with Gasteiger partial charge >= 0.3 is 97.5 Å². The van der Waals surface area contributed by atoms with Gasteiger partial charge in [-0.3, -0.25) is 34.9 Å². The van der Waals surface area contributed by atoms with Crippen LogP contribution in [0.1, 0.15) is 214 Å². The molecule has 0 aliphatic carbocycles. The number of aromatic nitrogens is 11. The van der Waals surface area contributed by atoms with Crippen LogP contribution in [0.4, 0.5) is 0 Å². The maximum absolute atomic E-state index is 8.12.